The van der Waals surface area contributed by atoms with Gasteiger partial charge in [-0.3, -0.25) is 4.57 Å². The maximum absolute atomic E-state index is 11.4. The zero-order valence-electron chi connectivity index (χ0n) is 10.8. The molecule has 1 aromatic heterocycles. The first-order valence-electron chi connectivity index (χ1n) is 5.93. The van der Waals surface area contributed by atoms with Gasteiger partial charge < -0.3 is 10.8 Å². The van der Waals surface area contributed by atoms with E-state index in [1.165, 1.54) is 16.3 Å². The van der Waals surface area contributed by atoms with Gasteiger partial charge in [0.25, 0.3) is 0 Å². The van der Waals surface area contributed by atoms with E-state index in [0.717, 1.165) is 0 Å². The van der Waals surface area contributed by atoms with Crippen molar-refractivity contribution in [2.45, 2.75) is 24.4 Å². The predicted octanol–water partition coefficient (Wildman–Crippen LogP) is 1.16. The fourth-order valence-electron chi connectivity index (χ4n) is 1.84. The second kappa shape index (κ2) is 5.83. The first-order valence-corrected chi connectivity index (χ1v) is 6.91. The maximum Gasteiger partial charge on any atom is 0.343 e. The molecule has 0 radical (unpaired) electrons. The van der Waals surface area contributed by atoms with E-state index < -0.39 is 5.97 Å². The summed E-state index contributed by atoms with van der Waals surface area (Å²) in [7, 11) is 0. The lowest BCUT2D eigenvalue weighted by Crippen LogP contribution is -2.16. The van der Waals surface area contributed by atoms with Crippen molar-refractivity contribution in [3.63, 3.8) is 0 Å². The van der Waals surface area contributed by atoms with Crippen molar-refractivity contribution in [3.05, 3.63) is 39.8 Å². The highest BCUT2D eigenvalue weighted by Gasteiger charge is 2.15. The van der Waals surface area contributed by atoms with Gasteiger partial charge in [-0.1, -0.05) is 23.9 Å². The van der Waals surface area contributed by atoms with Gasteiger partial charge in [-0.2, -0.15) is 0 Å². The van der Waals surface area contributed by atoms with Crippen LogP contribution in [0.5, 0.6) is 0 Å². The normalized spacial score (nSPS) is 10.7. The van der Waals surface area contributed by atoms with E-state index in [2.05, 4.69) is 10.2 Å². The van der Waals surface area contributed by atoms with Crippen molar-refractivity contribution in [1.82, 2.24) is 14.8 Å². The third-order valence-electron chi connectivity index (χ3n) is 2.79. The highest BCUT2D eigenvalue weighted by Crippen LogP contribution is 2.25. The van der Waals surface area contributed by atoms with E-state index in [9.17, 15) is 14.7 Å². The number of rotatable bonds is 5. The van der Waals surface area contributed by atoms with Crippen LogP contribution >= 0.6 is 11.8 Å². The number of carbonyl (C=O) groups is 1. The van der Waals surface area contributed by atoms with E-state index in [0.29, 0.717) is 23.0 Å². The molecule has 2 aromatic rings. The summed E-state index contributed by atoms with van der Waals surface area (Å²) < 4.78 is 1.48. The fraction of sp³-hybridized carbons (Fsp3) is 0.250. The van der Waals surface area contributed by atoms with Crippen molar-refractivity contribution in [3.8, 4) is 0 Å². The maximum atomic E-state index is 11.4. The Kier molecular flexibility index (Phi) is 4.14. The van der Waals surface area contributed by atoms with E-state index in [1.807, 2.05) is 6.92 Å². The van der Waals surface area contributed by atoms with Crippen LogP contribution in [0.4, 0.5) is 5.69 Å². The zero-order chi connectivity index (χ0) is 14.7. The fourth-order valence-corrected chi connectivity index (χ4v) is 2.84. The molecule has 0 unspecified atom stereocenters. The third kappa shape index (κ3) is 2.69. The minimum absolute atomic E-state index is 0.0981. The first-order chi connectivity index (χ1) is 9.54. The average Bonchev–Trinajstić information content (AvgIpc) is 2.76. The Morgan fingerprint density at radius 3 is 2.95 bits per heavy atom. The lowest BCUT2D eigenvalue weighted by molar-refractivity contribution is 0.0697. The van der Waals surface area contributed by atoms with Gasteiger partial charge in [0.05, 0.1) is 5.56 Å². The number of nitrogen functional groups attached to an aromatic ring is 1. The van der Waals surface area contributed by atoms with Crippen LogP contribution in [-0.4, -0.2) is 25.8 Å². The number of aromatic carboxylic acids is 1. The second-order valence-electron chi connectivity index (χ2n) is 4.03. The van der Waals surface area contributed by atoms with Crippen LogP contribution < -0.4 is 11.4 Å². The van der Waals surface area contributed by atoms with Crippen LogP contribution in [0.15, 0.2) is 28.2 Å². The second-order valence-corrected chi connectivity index (χ2v) is 4.97. The molecule has 0 aliphatic carbocycles. The molecular formula is C12H14N4O3S. The standard InChI is InChI=1S/C12H14N4O3S/c1-2-16-11(19)14-15-12(16)20-6-7-4-3-5-8(13)9(7)10(17)18/h3-5H,2,6,13H2,1H3,(H,14,19)(H,17,18). The minimum Gasteiger partial charge on any atom is -0.478 e. The SMILES string of the molecule is CCn1c(SCc2cccc(N)c2C(=O)O)n[nH]c1=O. The number of nitrogens with two attached hydrogens (primary N) is 1. The molecule has 0 aliphatic heterocycles. The van der Waals surface area contributed by atoms with Crippen molar-refractivity contribution < 1.29 is 9.90 Å². The summed E-state index contributed by atoms with van der Waals surface area (Å²) in [6.07, 6.45) is 0. The van der Waals surface area contributed by atoms with Crippen LogP contribution in [-0.2, 0) is 12.3 Å². The number of anilines is 1. The number of H-pyrrole nitrogens is 1. The number of aromatic nitrogens is 3. The van der Waals surface area contributed by atoms with Gasteiger partial charge in [-0.25, -0.2) is 14.7 Å². The van der Waals surface area contributed by atoms with Crippen LogP contribution in [0.1, 0.15) is 22.8 Å². The number of thioether (sulfide) groups is 1. The minimum atomic E-state index is -1.06. The number of hydrogen-bond donors (Lipinski definition) is 3. The molecule has 106 valence electrons. The van der Waals surface area contributed by atoms with E-state index >= 15 is 0 Å². The van der Waals surface area contributed by atoms with Gasteiger partial charge in [-0.05, 0) is 18.6 Å². The number of benzene rings is 1. The van der Waals surface area contributed by atoms with E-state index in [-0.39, 0.29) is 16.9 Å². The van der Waals surface area contributed by atoms with Crippen LogP contribution in [0.3, 0.4) is 0 Å². The summed E-state index contributed by atoms with van der Waals surface area (Å²) >= 11 is 1.29. The Morgan fingerprint density at radius 2 is 2.30 bits per heavy atom. The monoisotopic (exact) mass is 294 g/mol. The van der Waals surface area contributed by atoms with E-state index in [1.54, 1.807) is 18.2 Å². The predicted molar refractivity (Wildman–Crippen MR) is 75.9 cm³/mol. The quantitative estimate of drug-likeness (QED) is 0.563. The molecule has 20 heavy (non-hydrogen) atoms. The molecule has 4 N–H and O–H groups in total. The molecule has 1 aromatic carbocycles. The lowest BCUT2D eigenvalue weighted by atomic mass is 10.1. The smallest absolute Gasteiger partial charge is 0.343 e. The van der Waals surface area contributed by atoms with Gasteiger partial charge in [0.1, 0.15) is 0 Å². The Morgan fingerprint density at radius 1 is 1.55 bits per heavy atom. The topological polar surface area (TPSA) is 114 Å². The number of nitrogens with one attached hydrogen (secondary N) is 1. The number of carboxylic acids is 1. The molecule has 7 nitrogen and oxygen atoms in total. The molecule has 0 amide bonds. The molecule has 0 saturated heterocycles. The summed E-state index contributed by atoms with van der Waals surface area (Å²) in [5.41, 5.74) is 6.33. The largest absolute Gasteiger partial charge is 0.478 e. The molecule has 1 heterocycles. The van der Waals surface area contributed by atoms with Crippen molar-refractivity contribution in [1.29, 1.82) is 0 Å². The Labute approximate surface area is 118 Å². The summed E-state index contributed by atoms with van der Waals surface area (Å²) in [6.45, 7) is 2.34. The molecule has 0 saturated carbocycles. The highest BCUT2D eigenvalue weighted by molar-refractivity contribution is 7.98. The Balaban J connectivity index is 2.25. The van der Waals surface area contributed by atoms with E-state index in [4.69, 9.17) is 5.73 Å². The first kappa shape index (κ1) is 14.2. The number of carboxylic acid groups (broad SMARTS) is 1. The molecule has 8 heteroatoms. The van der Waals surface area contributed by atoms with Crippen LogP contribution in [0.25, 0.3) is 0 Å². The molecule has 0 atom stereocenters. The third-order valence-corrected chi connectivity index (χ3v) is 3.82. The molecule has 2 rings (SSSR count). The highest BCUT2D eigenvalue weighted by atomic mass is 32.2. The van der Waals surface area contributed by atoms with Gasteiger partial charge in [0.2, 0.25) is 0 Å². The summed E-state index contributed by atoms with van der Waals surface area (Å²) in [4.78, 5) is 22.6. The number of aromatic amines is 1. The molecular weight excluding hydrogens is 280 g/mol. The van der Waals surface area contributed by atoms with Crippen molar-refractivity contribution >= 4 is 23.4 Å². The van der Waals surface area contributed by atoms with Gasteiger partial charge in [0, 0.05) is 18.0 Å². The molecule has 0 bridgehead atoms. The van der Waals surface area contributed by atoms with Crippen molar-refractivity contribution in [2.24, 2.45) is 0 Å². The zero-order valence-corrected chi connectivity index (χ0v) is 11.6. The Bertz CT molecular complexity index is 692. The summed E-state index contributed by atoms with van der Waals surface area (Å²) in [5, 5.41) is 16.0. The molecule has 0 spiro atoms. The summed E-state index contributed by atoms with van der Waals surface area (Å²) in [5.74, 6) is -0.689. The summed E-state index contributed by atoms with van der Waals surface area (Å²) in [6, 6.07) is 4.96. The average molecular weight is 294 g/mol. The Hall–Kier alpha value is -2.22. The molecule has 0 aliphatic rings. The number of nitrogens with zero attached hydrogens (tertiary/aromatic N) is 2. The number of hydrogen-bond acceptors (Lipinski definition) is 5. The lowest BCUT2D eigenvalue weighted by Gasteiger charge is -2.08. The molecule has 0 fully saturated rings. The van der Waals surface area contributed by atoms with Gasteiger partial charge in [-0.15, -0.1) is 5.10 Å². The van der Waals surface area contributed by atoms with Gasteiger partial charge in [0.15, 0.2) is 5.16 Å². The van der Waals surface area contributed by atoms with Crippen LogP contribution in [0.2, 0.25) is 0 Å². The van der Waals surface area contributed by atoms with Gasteiger partial charge >= 0.3 is 11.7 Å². The van der Waals surface area contributed by atoms with Crippen molar-refractivity contribution in [2.75, 3.05) is 5.73 Å². The van der Waals surface area contributed by atoms with Crippen LogP contribution in [0, 0.1) is 0 Å².